The largest absolute Gasteiger partial charge is 0.383 e. The van der Waals surface area contributed by atoms with Gasteiger partial charge < -0.3 is 11.1 Å². The molecule has 3 rings (SSSR count). The van der Waals surface area contributed by atoms with Gasteiger partial charge in [-0.2, -0.15) is 0 Å². The van der Waals surface area contributed by atoms with Crippen LogP contribution in [0.15, 0.2) is 42.6 Å². The van der Waals surface area contributed by atoms with Crippen LogP contribution in [0.3, 0.4) is 0 Å². The van der Waals surface area contributed by atoms with E-state index in [4.69, 9.17) is 5.73 Å². The summed E-state index contributed by atoms with van der Waals surface area (Å²) in [6.07, 6.45) is 2.67. The van der Waals surface area contributed by atoms with Crippen LogP contribution in [0.2, 0.25) is 0 Å². The summed E-state index contributed by atoms with van der Waals surface area (Å²) in [6, 6.07) is 11.8. The van der Waals surface area contributed by atoms with E-state index in [1.807, 2.05) is 56.4 Å². The molecule has 0 bridgehead atoms. The molecule has 0 saturated heterocycles. The van der Waals surface area contributed by atoms with Crippen molar-refractivity contribution in [3.8, 4) is 23.0 Å². The molecule has 1 aromatic carbocycles. The highest BCUT2D eigenvalue weighted by Crippen LogP contribution is 2.27. The minimum absolute atomic E-state index is 0.250. The van der Waals surface area contributed by atoms with E-state index in [0.717, 1.165) is 23.1 Å². The number of fused-ring (bicyclic) bond motifs is 1. The molecule has 0 aliphatic heterocycles. The normalized spacial score (nSPS) is 10.3. The first-order valence-corrected chi connectivity index (χ1v) is 8.23. The molecular formula is C20H20N4O. The number of hydrogen-bond donors (Lipinski definition) is 2. The van der Waals surface area contributed by atoms with Gasteiger partial charge in [0.05, 0.1) is 0 Å². The number of imidazole rings is 1. The molecule has 3 N–H and O–H groups in total. The van der Waals surface area contributed by atoms with E-state index >= 15 is 0 Å². The van der Waals surface area contributed by atoms with Gasteiger partial charge in [0.2, 0.25) is 0 Å². The molecule has 25 heavy (non-hydrogen) atoms. The summed E-state index contributed by atoms with van der Waals surface area (Å²) in [5.74, 6) is 6.05. The van der Waals surface area contributed by atoms with Crippen LogP contribution < -0.4 is 11.1 Å². The lowest BCUT2D eigenvalue weighted by atomic mass is 10.0. The first-order chi connectivity index (χ1) is 12.2. The molecule has 1 amide bonds. The van der Waals surface area contributed by atoms with Crippen molar-refractivity contribution in [3.05, 3.63) is 53.9 Å². The summed E-state index contributed by atoms with van der Waals surface area (Å²) in [5.41, 5.74) is 9.89. The van der Waals surface area contributed by atoms with Gasteiger partial charge in [-0.05, 0) is 43.2 Å². The van der Waals surface area contributed by atoms with Gasteiger partial charge in [0.1, 0.15) is 11.5 Å². The summed E-state index contributed by atoms with van der Waals surface area (Å²) in [5, 5.41) is 2.82. The van der Waals surface area contributed by atoms with Gasteiger partial charge in [-0.3, -0.25) is 9.20 Å². The minimum Gasteiger partial charge on any atom is -0.383 e. The number of aromatic nitrogens is 2. The smallest absolute Gasteiger partial charge is 0.273 e. The number of nitrogens with two attached hydrogens (primary N) is 1. The Morgan fingerprint density at radius 1 is 1.32 bits per heavy atom. The Morgan fingerprint density at radius 2 is 2.16 bits per heavy atom. The quantitative estimate of drug-likeness (QED) is 0.721. The number of benzene rings is 1. The molecule has 5 nitrogen and oxygen atoms in total. The number of nitrogens with zero attached hydrogens (tertiary/aromatic N) is 2. The van der Waals surface area contributed by atoms with Crippen LogP contribution in [0.25, 0.3) is 16.8 Å². The first-order valence-electron chi connectivity index (χ1n) is 8.23. The molecule has 0 saturated carbocycles. The molecule has 126 valence electrons. The Hall–Kier alpha value is -3.26. The number of anilines is 1. The number of nitrogens with one attached hydrogen (secondary N) is 1. The van der Waals surface area contributed by atoms with Crippen LogP contribution >= 0.6 is 0 Å². The van der Waals surface area contributed by atoms with Crippen molar-refractivity contribution in [2.45, 2.75) is 20.3 Å². The topological polar surface area (TPSA) is 72.4 Å². The standard InChI is InChI=1S/C20H20N4O/c1-3-7-14-8-5-9-15(13-14)16-10-6-12-24-18(21)17(23-19(16)24)20(25)22-11-4-2/h5-6,8-10,12-13H,4,11,21H2,1-2H3,(H,22,25). The van der Waals surface area contributed by atoms with Crippen molar-refractivity contribution in [1.82, 2.24) is 14.7 Å². The highest BCUT2D eigenvalue weighted by molar-refractivity contribution is 5.98. The van der Waals surface area contributed by atoms with E-state index in [1.54, 1.807) is 4.40 Å². The van der Waals surface area contributed by atoms with Crippen molar-refractivity contribution in [1.29, 1.82) is 0 Å². The summed E-state index contributed by atoms with van der Waals surface area (Å²) < 4.78 is 1.74. The van der Waals surface area contributed by atoms with Crippen LogP contribution in [-0.2, 0) is 0 Å². The Labute approximate surface area is 146 Å². The molecule has 0 radical (unpaired) electrons. The maximum absolute atomic E-state index is 12.3. The van der Waals surface area contributed by atoms with Crippen LogP contribution in [0.5, 0.6) is 0 Å². The van der Waals surface area contributed by atoms with Gasteiger partial charge in [-0.25, -0.2) is 4.98 Å². The molecule has 0 aliphatic rings. The van der Waals surface area contributed by atoms with E-state index < -0.39 is 0 Å². The maximum atomic E-state index is 12.3. The van der Waals surface area contributed by atoms with E-state index in [0.29, 0.717) is 18.0 Å². The summed E-state index contributed by atoms with van der Waals surface area (Å²) >= 11 is 0. The third-order valence-corrected chi connectivity index (χ3v) is 3.88. The van der Waals surface area contributed by atoms with Crippen LogP contribution in [0, 0.1) is 11.8 Å². The fourth-order valence-electron chi connectivity index (χ4n) is 2.71. The zero-order chi connectivity index (χ0) is 17.8. The van der Waals surface area contributed by atoms with Gasteiger partial charge in [0, 0.05) is 23.9 Å². The lowest BCUT2D eigenvalue weighted by Gasteiger charge is -2.05. The van der Waals surface area contributed by atoms with Crippen LogP contribution in [-0.4, -0.2) is 21.8 Å². The van der Waals surface area contributed by atoms with Gasteiger partial charge in [0.15, 0.2) is 5.69 Å². The number of rotatable bonds is 4. The second-order valence-electron chi connectivity index (χ2n) is 5.67. The number of nitrogen functional groups attached to an aromatic ring is 1. The number of pyridine rings is 1. The average molecular weight is 332 g/mol. The first kappa shape index (κ1) is 16.6. The van der Waals surface area contributed by atoms with E-state index in [2.05, 4.69) is 22.1 Å². The second-order valence-corrected chi connectivity index (χ2v) is 5.67. The van der Waals surface area contributed by atoms with E-state index in [-0.39, 0.29) is 11.6 Å². The molecule has 0 aliphatic carbocycles. The van der Waals surface area contributed by atoms with Crippen molar-refractivity contribution in [2.24, 2.45) is 0 Å². The molecule has 2 heterocycles. The second kappa shape index (κ2) is 7.10. The summed E-state index contributed by atoms with van der Waals surface area (Å²) in [4.78, 5) is 16.8. The molecule has 5 heteroatoms. The molecule has 0 fully saturated rings. The van der Waals surface area contributed by atoms with E-state index in [1.165, 1.54) is 0 Å². The number of carbonyl (C=O) groups excluding carboxylic acids is 1. The molecule has 0 spiro atoms. The Kier molecular flexibility index (Phi) is 4.71. The average Bonchev–Trinajstić information content (AvgIpc) is 2.97. The number of hydrogen-bond acceptors (Lipinski definition) is 3. The Morgan fingerprint density at radius 3 is 2.92 bits per heavy atom. The van der Waals surface area contributed by atoms with Gasteiger partial charge in [0.25, 0.3) is 5.91 Å². The fraction of sp³-hybridized carbons (Fsp3) is 0.200. The SMILES string of the molecule is CC#Cc1cccc(-c2cccn3c(N)c(C(=O)NCCC)nc23)c1. The minimum atomic E-state index is -0.250. The predicted molar refractivity (Wildman–Crippen MR) is 100 cm³/mol. The van der Waals surface area contributed by atoms with Crippen molar-refractivity contribution >= 4 is 17.4 Å². The van der Waals surface area contributed by atoms with Gasteiger partial charge in [-0.1, -0.05) is 25.0 Å². The lowest BCUT2D eigenvalue weighted by molar-refractivity contribution is 0.0950. The number of carbonyl (C=O) groups is 1. The van der Waals surface area contributed by atoms with E-state index in [9.17, 15) is 4.79 Å². The van der Waals surface area contributed by atoms with Gasteiger partial charge in [-0.15, -0.1) is 5.92 Å². The van der Waals surface area contributed by atoms with Crippen molar-refractivity contribution < 1.29 is 4.79 Å². The summed E-state index contributed by atoms with van der Waals surface area (Å²) in [7, 11) is 0. The van der Waals surface area contributed by atoms with Crippen LogP contribution in [0.1, 0.15) is 36.3 Å². The third kappa shape index (κ3) is 3.20. The molecule has 0 atom stereocenters. The summed E-state index contributed by atoms with van der Waals surface area (Å²) in [6.45, 7) is 4.40. The van der Waals surface area contributed by atoms with Crippen molar-refractivity contribution in [2.75, 3.05) is 12.3 Å². The maximum Gasteiger partial charge on any atom is 0.273 e. The molecule has 2 aromatic heterocycles. The highest BCUT2D eigenvalue weighted by atomic mass is 16.1. The Bertz CT molecular complexity index is 992. The third-order valence-electron chi connectivity index (χ3n) is 3.88. The van der Waals surface area contributed by atoms with Crippen LogP contribution in [0.4, 0.5) is 5.82 Å². The Balaban J connectivity index is 2.12. The number of amides is 1. The monoisotopic (exact) mass is 332 g/mol. The lowest BCUT2D eigenvalue weighted by Crippen LogP contribution is -2.25. The zero-order valence-electron chi connectivity index (χ0n) is 14.3. The zero-order valence-corrected chi connectivity index (χ0v) is 14.3. The molecule has 0 unspecified atom stereocenters. The fourth-order valence-corrected chi connectivity index (χ4v) is 2.71. The predicted octanol–water partition coefficient (Wildman–Crippen LogP) is 3.09. The highest BCUT2D eigenvalue weighted by Gasteiger charge is 2.18. The van der Waals surface area contributed by atoms with Gasteiger partial charge >= 0.3 is 0 Å². The molecule has 3 aromatic rings. The van der Waals surface area contributed by atoms with Crippen molar-refractivity contribution in [3.63, 3.8) is 0 Å². The molecular weight excluding hydrogens is 312 g/mol.